The molecule has 0 rings (SSSR count). The van der Waals surface area contributed by atoms with Crippen molar-refractivity contribution in [1.29, 1.82) is 0 Å². The topological polar surface area (TPSA) is 30.9 Å². The van der Waals surface area contributed by atoms with E-state index in [2.05, 4.69) is 18.7 Å². The Morgan fingerprint density at radius 2 is 1.59 bits per heavy atom. The average Bonchev–Trinajstić information content (AvgIpc) is 2.29. The number of hydrogen-bond donors (Lipinski definition) is 0. The highest BCUT2D eigenvalue weighted by Crippen LogP contribution is 2.06. The number of rotatable bonds is 11. The molecule has 0 unspecified atom stereocenters. The second-order valence-electron chi connectivity index (χ2n) is 4.25. The fourth-order valence-corrected chi connectivity index (χ4v) is 1.69. The van der Waals surface area contributed by atoms with Crippen molar-refractivity contribution in [3.8, 4) is 0 Å². The Balaban J connectivity index is 3.97. The molecule has 0 aromatic rings. The lowest BCUT2D eigenvalue weighted by atomic mass is 10.3. The van der Waals surface area contributed by atoms with Crippen LogP contribution in [0, 0.1) is 0 Å². The molecule has 0 N–H and O–H groups in total. The fourth-order valence-electron chi connectivity index (χ4n) is 1.69. The van der Waals surface area contributed by atoms with E-state index in [1.165, 1.54) is 0 Å². The predicted octanol–water partition coefficient (Wildman–Crippen LogP) is 2.13. The second kappa shape index (κ2) is 11.0. The van der Waals surface area contributed by atoms with Gasteiger partial charge in [-0.25, -0.2) is 0 Å². The van der Waals surface area contributed by atoms with Gasteiger partial charge in [0, 0.05) is 45.9 Å². The molecule has 0 atom stereocenters. The highest BCUT2D eigenvalue weighted by molar-refractivity contribution is 4.63. The summed E-state index contributed by atoms with van der Waals surface area (Å²) in [6.07, 6.45) is 0.831. The van der Waals surface area contributed by atoms with Crippen LogP contribution < -0.4 is 0 Å². The summed E-state index contributed by atoms with van der Waals surface area (Å²) in [7, 11) is 1.74. The maximum atomic E-state index is 5.54. The molecular formula is C13H29NO3. The summed E-state index contributed by atoms with van der Waals surface area (Å²) < 4.78 is 16.2. The largest absolute Gasteiger partial charge is 0.383 e. The molecule has 0 radical (unpaired) electrons. The van der Waals surface area contributed by atoms with Crippen molar-refractivity contribution in [1.82, 2.24) is 4.90 Å². The molecule has 4 nitrogen and oxygen atoms in total. The van der Waals surface area contributed by atoms with Crippen LogP contribution in [0.25, 0.3) is 0 Å². The zero-order chi connectivity index (χ0) is 13.1. The summed E-state index contributed by atoms with van der Waals surface area (Å²) in [5.41, 5.74) is 0. The minimum atomic E-state index is -0.0752. The molecule has 0 spiro atoms. The standard InChI is InChI=1S/C13H29NO3/c1-6-16-13(17-7-2)8-9-14(12(3)4)10-11-15-5/h12-13H,6-11H2,1-5H3. The van der Waals surface area contributed by atoms with Crippen molar-refractivity contribution in [2.75, 3.05) is 40.0 Å². The van der Waals surface area contributed by atoms with Crippen LogP contribution in [-0.2, 0) is 14.2 Å². The van der Waals surface area contributed by atoms with E-state index in [0.717, 1.165) is 26.1 Å². The summed E-state index contributed by atoms with van der Waals surface area (Å²) in [5.74, 6) is 0. The van der Waals surface area contributed by atoms with Gasteiger partial charge in [0.2, 0.25) is 0 Å². The number of nitrogens with zero attached hydrogens (tertiary/aromatic N) is 1. The van der Waals surface area contributed by atoms with Gasteiger partial charge in [0.1, 0.15) is 0 Å². The Hall–Kier alpha value is -0.160. The van der Waals surface area contributed by atoms with Crippen molar-refractivity contribution in [2.45, 2.75) is 46.4 Å². The van der Waals surface area contributed by atoms with Gasteiger partial charge >= 0.3 is 0 Å². The Morgan fingerprint density at radius 1 is 1.00 bits per heavy atom. The summed E-state index contributed by atoms with van der Waals surface area (Å²) in [4.78, 5) is 2.38. The van der Waals surface area contributed by atoms with Crippen LogP contribution >= 0.6 is 0 Å². The third kappa shape index (κ3) is 8.55. The van der Waals surface area contributed by atoms with E-state index in [9.17, 15) is 0 Å². The van der Waals surface area contributed by atoms with Crippen LogP contribution in [-0.4, -0.2) is 57.3 Å². The molecule has 0 aromatic heterocycles. The van der Waals surface area contributed by atoms with Gasteiger partial charge in [0.25, 0.3) is 0 Å². The van der Waals surface area contributed by atoms with Gasteiger partial charge in [-0.1, -0.05) is 0 Å². The summed E-state index contributed by atoms with van der Waals surface area (Å²) in [6, 6.07) is 0.522. The second-order valence-corrected chi connectivity index (χ2v) is 4.25. The Bertz CT molecular complexity index is 159. The third-order valence-electron chi connectivity index (χ3n) is 2.67. The van der Waals surface area contributed by atoms with Gasteiger partial charge < -0.3 is 14.2 Å². The summed E-state index contributed by atoms with van der Waals surface area (Å²) in [6.45, 7) is 12.5. The lowest BCUT2D eigenvalue weighted by Gasteiger charge is -2.28. The SMILES string of the molecule is CCOC(CCN(CCOC)C(C)C)OCC. The van der Waals surface area contributed by atoms with Crippen molar-refractivity contribution in [2.24, 2.45) is 0 Å². The summed E-state index contributed by atoms with van der Waals surface area (Å²) >= 11 is 0. The normalized spacial score (nSPS) is 12.0. The first-order valence-corrected chi connectivity index (χ1v) is 6.61. The van der Waals surface area contributed by atoms with Crippen LogP contribution in [0.2, 0.25) is 0 Å². The van der Waals surface area contributed by atoms with Crippen molar-refractivity contribution < 1.29 is 14.2 Å². The lowest BCUT2D eigenvalue weighted by Crippen LogP contribution is -2.36. The van der Waals surface area contributed by atoms with Crippen molar-refractivity contribution in [3.63, 3.8) is 0 Å². The summed E-state index contributed by atoms with van der Waals surface area (Å²) in [5, 5.41) is 0. The van der Waals surface area contributed by atoms with Gasteiger partial charge in [-0.3, -0.25) is 4.90 Å². The molecule has 17 heavy (non-hydrogen) atoms. The van der Waals surface area contributed by atoms with Crippen LogP contribution in [0.5, 0.6) is 0 Å². The van der Waals surface area contributed by atoms with E-state index in [0.29, 0.717) is 19.3 Å². The van der Waals surface area contributed by atoms with Gasteiger partial charge in [0.05, 0.1) is 6.61 Å². The van der Waals surface area contributed by atoms with Gasteiger partial charge in [-0.15, -0.1) is 0 Å². The van der Waals surface area contributed by atoms with Crippen LogP contribution in [0.4, 0.5) is 0 Å². The average molecular weight is 247 g/mol. The fraction of sp³-hybridized carbons (Fsp3) is 1.00. The third-order valence-corrected chi connectivity index (χ3v) is 2.67. The molecule has 0 bridgehead atoms. The molecule has 4 heteroatoms. The highest BCUT2D eigenvalue weighted by atomic mass is 16.7. The molecule has 0 saturated heterocycles. The van der Waals surface area contributed by atoms with E-state index in [1.807, 2.05) is 13.8 Å². The molecule has 0 saturated carbocycles. The van der Waals surface area contributed by atoms with Crippen LogP contribution in [0.3, 0.4) is 0 Å². The van der Waals surface area contributed by atoms with Crippen LogP contribution in [0.1, 0.15) is 34.1 Å². The molecule has 0 amide bonds. The zero-order valence-electron chi connectivity index (χ0n) is 12.1. The zero-order valence-corrected chi connectivity index (χ0v) is 12.1. The Kier molecular flexibility index (Phi) is 10.9. The molecule has 0 aliphatic heterocycles. The first-order chi connectivity index (χ1) is 8.15. The Labute approximate surface area is 106 Å². The highest BCUT2D eigenvalue weighted by Gasteiger charge is 2.13. The van der Waals surface area contributed by atoms with E-state index < -0.39 is 0 Å². The first kappa shape index (κ1) is 16.8. The van der Waals surface area contributed by atoms with E-state index in [4.69, 9.17) is 14.2 Å². The lowest BCUT2D eigenvalue weighted by molar-refractivity contribution is -0.142. The molecule has 0 aliphatic carbocycles. The van der Waals surface area contributed by atoms with Gasteiger partial charge in [-0.05, 0) is 27.7 Å². The number of ether oxygens (including phenoxy) is 3. The predicted molar refractivity (Wildman–Crippen MR) is 70.2 cm³/mol. The quantitative estimate of drug-likeness (QED) is 0.523. The van der Waals surface area contributed by atoms with E-state index in [-0.39, 0.29) is 6.29 Å². The van der Waals surface area contributed by atoms with E-state index in [1.54, 1.807) is 7.11 Å². The van der Waals surface area contributed by atoms with E-state index >= 15 is 0 Å². The number of hydrogen-bond acceptors (Lipinski definition) is 4. The van der Waals surface area contributed by atoms with Gasteiger partial charge in [0.15, 0.2) is 6.29 Å². The minimum Gasteiger partial charge on any atom is -0.383 e. The maximum absolute atomic E-state index is 5.54. The van der Waals surface area contributed by atoms with Crippen molar-refractivity contribution in [3.05, 3.63) is 0 Å². The molecule has 0 aliphatic rings. The molecule has 0 fully saturated rings. The van der Waals surface area contributed by atoms with Gasteiger partial charge in [-0.2, -0.15) is 0 Å². The van der Waals surface area contributed by atoms with Crippen LogP contribution in [0.15, 0.2) is 0 Å². The Morgan fingerprint density at radius 3 is 2.00 bits per heavy atom. The molecule has 104 valence electrons. The molecule has 0 aromatic carbocycles. The smallest absolute Gasteiger partial charge is 0.158 e. The maximum Gasteiger partial charge on any atom is 0.158 e. The van der Waals surface area contributed by atoms with Crippen molar-refractivity contribution >= 4 is 0 Å². The first-order valence-electron chi connectivity index (χ1n) is 6.61. The minimum absolute atomic E-state index is 0.0752. The number of methoxy groups -OCH3 is 1. The molecular weight excluding hydrogens is 218 g/mol. The monoisotopic (exact) mass is 247 g/mol. The molecule has 0 heterocycles.